The summed E-state index contributed by atoms with van der Waals surface area (Å²) in [5.41, 5.74) is 1.70. The van der Waals surface area contributed by atoms with Gasteiger partial charge in [-0.1, -0.05) is 13.0 Å². The van der Waals surface area contributed by atoms with E-state index in [1.54, 1.807) is 0 Å². The first-order valence-corrected chi connectivity index (χ1v) is 7.44. The van der Waals surface area contributed by atoms with E-state index in [1.165, 1.54) is 19.4 Å². The molecule has 3 rings (SSSR count). The summed E-state index contributed by atoms with van der Waals surface area (Å²) in [7, 11) is 0. The molecule has 0 aromatic carbocycles. The van der Waals surface area contributed by atoms with Crippen molar-refractivity contribution in [3.63, 3.8) is 0 Å². The first-order valence-electron chi connectivity index (χ1n) is 7.44. The maximum atomic E-state index is 11.2. The van der Waals surface area contributed by atoms with E-state index >= 15 is 0 Å². The molecule has 0 spiro atoms. The quantitative estimate of drug-likeness (QED) is 0.801. The van der Waals surface area contributed by atoms with E-state index in [-0.39, 0.29) is 0 Å². The highest BCUT2D eigenvalue weighted by Gasteiger charge is 2.21. The van der Waals surface area contributed by atoms with E-state index in [2.05, 4.69) is 16.8 Å². The number of hydrogen-bond acceptors (Lipinski definition) is 3. The second-order valence-corrected chi connectivity index (χ2v) is 5.61. The molecule has 0 saturated carbocycles. The molecule has 0 bridgehead atoms. The number of carbonyl (C=O) groups excluding carboxylic acids is 1. The minimum Gasteiger partial charge on any atom is -0.303 e. The lowest BCUT2D eigenvalue weighted by Crippen LogP contribution is -2.36. The van der Waals surface area contributed by atoms with Gasteiger partial charge in [-0.15, -0.1) is 0 Å². The van der Waals surface area contributed by atoms with E-state index in [9.17, 15) is 4.79 Å². The Morgan fingerprint density at radius 2 is 2.35 bits per heavy atom. The van der Waals surface area contributed by atoms with E-state index in [0.29, 0.717) is 11.6 Å². The maximum absolute atomic E-state index is 11.2. The van der Waals surface area contributed by atoms with Crippen LogP contribution >= 0.6 is 0 Å². The lowest BCUT2D eigenvalue weighted by atomic mass is 9.94. The van der Waals surface area contributed by atoms with Crippen LogP contribution in [0.1, 0.15) is 36.1 Å². The number of hydrogen-bond donors (Lipinski definition) is 0. The van der Waals surface area contributed by atoms with Gasteiger partial charge in [-0.2, -0.15) is 0 Å². The third kappa shape index (κ3) is 2.48. The number of aldehydes is 1. The average Bonchev–Trinajstić information content (AvgIpc) is 2.90. The van der Waals surface area contributed by atoms with Crippen molar-refractivity contribution in [1.82, 2.24) is 14.3 Å². The van der Waals surface area contributed by atoms with Crippen LogP contribution in [-0.2, 0) is 6.42 Å². The van der Waals surface area contributed by atoms with Crippen molar-refractivity contribution >= 4 is 11.8 Å². The molecule has 3 heterocycles. The molecule has 0 N–H and O–H groups in total. The van der Waals surface area contributed by atoms with E-state index in [1.807, 2.05) is 28.8 Å². The van der Waals surface area contributed by atoms with Crippen LogP contribution in [0.15, 0.2) is 24.4 Å². The molecule has 1 atom stereocenters. The van der Waals surface area contributed by atoms with Crippen molar-refractivity contribution < 1.29 is 4.79 Å². The summed E-state index contributed by atoms with van der Waals surface area (Å²) in [6.45, 7) is 5.71. The first-order chi connectivity index (χ1) is 9.81. The van der Waals surface area contributed by atoms with Crippen LogP contribution in [0.4, 0.5) is 0 Å². The normalized spacial score (nSPS) is 20.4. The van der Waals surface area contributed by atoms with E-state index in [4.69, 9.17) is 0 Å². The standard InChI is InChI=1S/C16H21N3O/c1-2-18-8-4-5-13(11-18)9-16-17-10-14-6-3-7-15(12-20)19(14)16/h3,6-7,10,12-13H,2,4-5,8-9,11H2,1H3. The molecule has 2 aromatic heterocycles. The molecule has 4 heteroatoms. The van der Waals surface area contributed by atoms with Gasteiger partial charge in [0.25, 0.3) is 0 Å². The monoisotopic (exact) mass is 271 g/mol. The van der Waals surface area contributed by atoms with Crippen molar-refractivity contribution in [3.8, 4) is 0 Å². The Morgan fingerprint density at radius 1 is 1.45 bits per heavy atom. The lowest BCUT2D eigenvalue weighted by Gasteiger charge is -2.31. The van der Waals surface area contributed by atoms with Crippen LogP contribution in [0.5, 0.6) is 0 Å². The Labute approximate surface area is 119 Å². The van der Waals surface area contributed by atoms with Gasteiger partial charge >= 0.3 is 0 Å². The highest BCUT2D eigenvalue weighted by molar-refractivity contribution is 5.74. The van der Waals surface area contributed by atoms with E-state index in [0.717, 1.165) is 37.1 Å². The summed E-state index contributed by atoms with van der Waals surface area (Å²) >= 11 is 0. The molecule has 20 heavy (non-hydrogen) atoms. The number of fused-ring (bicyclic) bond motifs is 1. The molecule has 106 valence electrons. The Morgan fingerprint density at radius 3 is 3.15 bits per heavy atom. The number of aromatic nitrogens is 2. The number of imidazole rings is 1. The minimum absolute atomic E-state index is 0.647. The fourth-order valence-corrected chi connectivity index (χ4v) is 3.24. The predicted molar refractivity (Wildman–Crippen MR) is 79.1 cm³/mol. The largest absolute Gasteiger partial charge is 0.303 e. The summed E-state index contributed by atoms with van der Waals surface area (Å²) in [5.74, 6) is 1.67. The van der Waals surface area contributed by atoms with Crippen LogP contribution in [0, 0.1) is 5.92 Å². The van der Waals surface area contributed by atoms with Crippen LogP contribution in [0.3, 0.4) is 0 Å². The van der Waals surface area contributed by atoms with Gasteiger partial charge < -0.3 is 4.90 Å². The summed E-state index contributed by atoms with van der Waals surface area (Å²) in [5, 5.41) is 0. The number of carbonyl (C=O) groups is 1. The molecular formula is C16H21N3O. The Balaban J connectivity index is 1.85. The van der Waals surface area contributed by atoms with Crippen LogP contribution < -0.4 is 0 Å². The lowest BCUT2D eigenvalue weighted by molar-refractivity contribution is 0.111. The highest BCUT2D eigenvalue weighted by Crippen LogP contribution is 2.21. The van der Waals surface area contributed by atoms with Gasteiger partial charge in [-0.25, -0.2) is 4.98 Å². The number of pyridine rings is 1. The van der Waals surface area contributed by atoms with Gasteiger partial charge in [0.1, 0.15) is 5.82 Å². The zero-order valence-corrected chi connectivity index (χ0v) is 12.0. The third-order valence-electron chi connectivity index (χ3n) is 4.30. The molecule has 2 aromatic rings. The zero-order valence-electron chi connectivity index (χ0n) is 12.0. The van der Waals surface area contributed by atoms with Crippen molar-refractivity contribution in [2.24, 2.45) is 5.92 Å². The molecular weight excluding hydrogens is 250 g/mol. The van der Waals surface area contributed by atoms with Gasteiger partial charge in [0.2, 0.25) is 0 Å². The fourth-order valence-electron chi connectivity index (χ4n) is 3.24. The van der Waals surface area contributed by atoms with Gasteiger partial charge in [0, 0.05) is 13.0 Å². The topological polar surface area (TPSA) is 37.6 Å². The average molecular weight is 271 g/mol. The highest BCUT2D eigenvalue weighted by atomic mass is 16.1. The fraction of sp³-hybridized carbons (Fsp3) is 0.500. The Kier molecular flexibility index (Phi) is 3.83. The molecule has 1 aliphatic rings. The van der Waals surface area contributed by atoms with Gasteiger partial charge in [-0.05, 0) is 44.0 Å². The molecule has 0 radical (unpaired) electrons. The second-order valence-electron chi connectivity index (χ2n) is 5.61. The first kappa shape index (κ1) is 13.3. The molecule has 1 unspecified atom stereocenters. The maximum Gasteiger partial charge on any atom is 0.166 e. The number of nitrogens with zero attached hydrogens (tertiary/aromatic N) is 3. The number of piperidine rings is 1. The number of likely N-dealkylation sites (tertiary alicyclic amines) is 1. The molecule has 4 nitrogen and oxygen atoms in total. The SMILES string of the molecule is CCN1CCCC(Cc2ncc3cccc(C=O)n23)C1. The molecule has 1 aliphatic heterocycles. The van der Waals surface area contributed by atoms with Gasteiger partial charge in [-0.3, -0.25) is 9.20 Å². The Bertz CT molecular complexity index is 605. The summed E-state index contributed by atoms with van der Waals surface area (Å²) in [4.78, 5) is 18.2. The van der Waals surface area contributed by atoms with Crippen molar-refractivity contribution in [2.75, 3.05) is 19.6 Å². The molecule has 1 fully saturated rings. The number of rotatable bonds is 4. The second kappa shape index (κ2) is 5.75. The van der Waals surface area contributed by atoms with E-state index < -0.39 is 0 Å². The minimum atomic E-state index is 0.647. The van der Waals surface area contributed by atoms with Crippen molar-refractivity contribution in [1.29, 1.82) is 0 Å². The summed E-state index contributed by atoms with van der Waals surface area (Å²) < 4.78 is 2.00. The molecule has 0 amide bonds. The summed E-state index contributed by atoms with van der Waals surface area (Å²) in [6, 6.07) is 5.76. The smallest absolute Gasteiger partial charge is 0.166 e. The van der Waals surface area contributed by atoms with Gasteiger partial charge in [0.15, 0.2) is 6.29 Å². The van der Waals surface area contributed by atoms with Crippen LogP contribution in [-0.4, -0.2) is 40.2 Å². The van der Waals surface area contributed by atoms with Gasteiger partial charge in [0.05, 0.1) is 17.4 Å². The molecule has 0 aliphatic carbocycles. The Hall–Kier alpha value is -1.68. The van der Waals surface area contributed by atoms with Crippen molar-refractivity contribution in [2.45, 2.75) is 26.2 Å². The predicted octanol–water partition coefficient (Wildman–Crippen LogP) is 2.42. The van der Waals surface area contributed by atoms with Crippen molar-refractivity contribution in [3.05, 3.63) is 35.9 Å². The molecule has 1 saturated heterocycles. The summed E-state index contributed by atoms with van der Waals surface area (Å²) in [6.07, 6.45) is 6.26. The zero-order chi connectivity index (χ0) is 13.9. The van der Waals surface area contributed by atoms with Crippen LogP contribution in [0.25, 0.3) is 5.52 Å². The van der Waals surface area contributed by atoms with Crippen LogP contribution in [0.2, 0.25) is 0 Å². The third-order valence-corrected chi connectivity index (χ3v) is 4.30.